The van der Waals surface area contributed by atoms with Gasteiger partial charge in [0.15, 0.2) is 11.5 Å². The summed E-state index contributed by atoms with van der Waals surface area (Å²) in [6.07, 6.45) is -2.47. The first kappa shape index (κ1) is 29.5. The molecule has 2 atom stereocenters. The zero-order valence-electron chi connectivity index (χ0n) is 22.2. The Hall–Kier alpha value is -3.06. The molecule has 3 rings (SSSR count). The molecule has 1 aliphatic heterocycles. The maximum atomic E-state index is 13.5. The summed E-state index contributed by atoms with van der Waals surface area (Å²) in [4.78, 5) is 13.5. The van der Waals surface area contributed by atoms with Crippen molar-refractivity contribution in [3.63, 3.8) is 0 Å². The molecule has 11 nitrogen and oxygen atoms in total. The van der Waals surface area contributed by atoms with Crippen LogP contribution in [0.1, 0.15) is 19.4 Å². The molecule has 0 unspecified atom stereocenters. The zero-order chi connectivity index (χ0) is 27.9. The number of hydrogen-bond donors (Lipinski definition) is 3. The van der Waals surface area contributed by atoms with E-state index in [0.717, 1.165) is 12.1 Å². The topological polar surface area (TPSA) is 138 Å². The van der Waals surface area contributed by atoms with Gasteiger partial charge in [-0.25, -0.2) is 13.2 Å². The summed E-state index contributed by atoms with van der Waals surface area (Å²) >= 11 is 0. The molecular formula is C26H37N3O8S. The summed E-state index contributed by atoms with van der Waals surface area (Å²) in [7, 11) is -0.117. The van der Waals surface area contributed by atoms with Crippen LogP contribution in [0.2, 0.25) is 0 Å². The number of carboxylic acid groups (broad SMARTS) is 1. The van der Waals surface area contributed by atoms with Crippen LogP contribution in [-0.4, -0.2) is 93.2 Å². The number of benzene rings is 2. The lowest BCUT2D eigenvalue weighted by Gasteiger charge is -2.30. The Morgan fingerprint density at radius 3 is 2.39 bits per heavy atom. The van der Waals surface area contributed by atoms with Crippen molar-refractivity contribution in [3.05, 3.63) is 48.0 Å². The molecule has 3 N–H and O–H groups in total. The van der Waals surface area contributed by atoms with Crippen LogP contribution in [0.15, 0.2) is 47.4 Å². The highest BCUT2D eigenvalue weighted by Crippen LogP contribution is 2.34. The van der Waals surface area contributed by atoms with Crippen LogP contribution in [0.3, 0.4) is 0 Å². The third-order valence-corrected chi connectivity index (χ3v) is 7.73. The molecular weight excluding hydrogens is 514 g/mol. The van der Waals surface area contributed by atoms with Gasteiger partial charge in [0, 0.05) is 25.7 Å². The van der Waals surface area contributed by atoms with Gasteiger partial charge in [-0.3, -0.25) is 0 Å². The fourth-order valence-electron chi connectivity index (χ4n) is 3.96. The van der Waals surface area contributed by atoms with E-state index in [1.807, 2.05) is 32.8 Å². The van der Waals surface area contributed by atoms with Crippen LogP contribution in [0.5, 0.6) is 17.2 Å². The largest absolute Gasteiger partial charge is 0.492 e. The van der Waals surface area contributed by atoms with Crippen molar-refractivity contribution in [2.75, 3.05) is 47.1 Å². The molecule has 2 aromatic rings. The third kappa shape index (κ3) is 8.22. The number of nitrogens with zero attached hydrogens (tertiary/aromatic N) is 2. The number of aliphatic hydroxyl groups is 1. The normalized spacial score (nSPS) is 14.6. The number of amides is 1. The molecule has 210 valence electrons. The number of nitrogens with one attached hydrogen (secondary N) is 1. The third-order valence-electron chi connectivity index (χ3n) is 5.90. The quantitative estimate of drug-likeness (QED) is 0.323. The minimum atomic E-state index is -4.03. The van der Waals surface area contributed by atoms with Gasteiger partial charge < -0.3 is 34.6 Å². The van der Waals surface area contributed by atoms with Crippen LogP contribution in [-0.2, 0) is 16.4 Å². The number of ether oxygens (including phenoxy) is 3. The smallest absolute Gasteiger partial charge is 0.404 e. The van der Waals surface area contributed by atoms with E-state index in [0.29, 0.717) is 23.9 Å². The number of rotatable bonds is 14. The van der Waals surface area contributed by atoms with Gasteiger partial charge in [0.25, 0.3) is 0 Å². The highest BCUT2D eigenvalue weighted by atomic mass is 32.2. The van der Waals surface area contributed by atoms with E-state index < -0.39 is 28.3 Å². The van der Waals surface area contributed by atoms with Crippen molar-refractivity contribution in [2.45, 2.75) is 37.3 Å². The first-order valence-electron chi connectivity index (χ1n) is 12.4. The Morgan fingerprint density at radius 1 is 1.08 bits per heavy atom. The lowest BCUT2D eigenvalue weighted by Crippen LogP contribution is -2.50. The Balaban J connectivity index is 1.75. The molecule has 1 aliphatic rings. The lowest BCUT2D eigenvalue weighted by atomic mass is 10.0. The van der Waals surface area contributed by atoms with Crippen LogP contribution >= 0.6 is 0 Å². The lowest BCUT2D eigenvalue weighted by molar-refractivity contribution is 0.0980. The van der Waals surface area contributed by atoms with Gasteiger partial charge in [0.2, 0.25) is 16.8 Å². The summed E-state index contributed by atoms with van der Waals surface area (Å²) in [5.74, 6) is 1.42. The second-order valence-electron chi connectivity index (χ2n) is 9.85. The highest BCUT2D eigenvalue weighted by molar-refractivity contribution is 7.89. The Morgan fingerprint density at radius 2 is 1.76 bits per heavy atom. The number of likely N-dealkylation sites (N-methyl/N-ethyl adjacent to an activating group) is 1. The van der Waals surface area contributed by atoms with Gasteiger partial charge in [-0.15, -0.1) is 0 Å². The molecule has 38 heavy (non-hydrogen) atoms. The average molecular weight is 552 g/mol. The Labute approximate surface area is 224 Å². The molecule has 1 heterocycles. The monoisotopic (exact) mass is 551 g/mol. The van der Waals surface area contributed by atoms with E-state index in [4.69, 9.17) is 14.2 Å². The van der Waals surface area contributed by atoms with E-state index >= 15 is 0 Å². The summed E-state index contributed by atoms with van der Waals surface area (Å²) in [5, 5.41) is 22.8. The maximum Gasteiger partial charge on any atom is 0.404 e. The summed E-state index contributed by atoms with van der Waals surface area (Å²) in [6, 6.07) is 10.6. The van der Waals surface area contributed by atoms with Crippen LogP contribution < -0.4 is 19.5 Å². The van der Waals surface area contributed by atoms with Crippen LogP contribution in [0.25, 0.3) is 0 Å². The number of carbonyl (C=O) groups is 1. The second-order valence-corrected chi connectivity index (χ2v) is 11.8. The van der Waals surface area contributed by atoms with Gasteiger partial charge in [-0.05, 0) is 56.3 Å². The molecule has 0 bridgehead atoms. The molecule has 0 fully saturated rings. The van der Waals surface area contributed by atoms with Gasteiger partial charge in [-0.2, -0.15) is 4.31 Å². The van der Waals surface area contributed by atoms with E-state index in [1.165, 1.54) is 22.5 Å². The zero-order valence-corrected chi connectivity index (χ0v) is 23.0. The predicted octanol–water partition coefficient (Wildman–Crippen LogP) is 2.24. The van der Waals surface area contributed by atoms with Crippen molar-refractivity contribution in [1.29, 1.82) is 0 Å². The first-order chi connectivity index (χ1) is 18.0. The van der Waals surface area contributed by atoms with Gasteiger partial charge in [0.05, 0.1) is 17.0 Å². The highest BCUT2D eigenvalue weighted by Gasteiger charge is 2.32. The first-order valence-corrected chi connectivity index (χ1v) is 13.8. The van der Waals surface area contributed by atoms with Crippen LogP contribution in [0, 0.1) is 5.92 Å². The Kier molecular flexibility index (Phi) is 10.2. The fourth-order valence-corrected chi connectivity index (χ4v) is 5.60. The molecule has 0 saturated heterocycles. The molecule has 0 radical (unpaired) electrons. The summed E-state index contributed by atoms with van der Waals surface area (Å²) in [5.41, 5.74) is 0.761. The summed E-state index contributed by atoms with van der Waals surface area (Å²) in [6.45, 7) is 4.86. The van der Waals surface area contributed by atoms with E-state index in [9.17, 15) is 23.4 Å². The molecule has 0 aliphatic carbocycles. The minimum absolute atomic E-state index is 0.00204. The van der Waals surface area contributed by atoms with Crippen molar-refractivity contribution in [1.82, 2.24) is 14.5 Å². The molecule has 0 aromatic heterocycles. The maximum absolute atomic E-state index is 13.5. The average Bonchev–Trinajstić information content (AvgIpc) is 3.31. The molecule has 1 amide bonds. The number of aliphatic hydroxyl groups excluding tert-OH is 1. The number of hydrogen-bond acceptors (Lipinski definition) is 8. The van der Waals surface area contributed by atoms with Crippen molar-refractivity contribution >= 4 is 16.1 Å². The molecule has 0 saturated carbocycles. The van der Waals surface area contributed by atoms with E-state index in [-0.39, 0.29) is 37.1 Å². The second kappa shape index (κ2) is 13.1. The number of sulfonamides is 1. The van der Waals surface area contributed by atoms with E-state index in [1.54, 1.807) is 24.3 Å². The fraction of sp³-hybridized carbons (Fsp3) is 0.500. The molecule has 0 spiro atoms. The molecule has 12 heteroatoms. The van der Waals surface area contributed by atoms with Gasteiger partial charge in [0.1, 0.15) is 12.4 Å². The standard InChI is InChI=1S/C26H37N3O8S/c1-18(2)15-29(38(33,34)21-9-10-24-25(14-21)37-17-36-24)16-23(30)22(27-26(31)32)13-19-5-7-20(8-6-19)35-12-11-28(3)4/h5-10,14,18,22-23,27,30H,11-13,15-17H2,1-4H3,(H,31,32)/t22-,23-/m0/s1. The van der Waals surface area contributed by atoms with Crippen molar-refractivity contribution in [3.8, 4) is 17.2 Å². The van der Waals surface area contributed by atoms with Gasteiger partial charge in [-0.1, -0.05) is 26.0 Å². The predicted molar refractivity (Wildman–Crippen MR) is 141 cm³/mol. The minimum Gasteiger partial charge on any atom is -0.492 e. The number of fused-ring (bicyclic) bond motifs is 1. The summed E-state index contributed by atoms with van der Waals surface area (Å²) < 4.78 is 44.5. The van der Waals surface area contributed by atoms with Gasteiger partial charge >= 0.3 is 6.09 Å². The van der Waals surface area contributed by atoms with Crippen LogP contribution in [0.4, 0.5) is 4.79 Å². The van der Waals surface area contributed by atoms with Crippen molar-refractivity contribution in [2.24, 2.45) is 5.92 Å². The van der Waals surface area contributed by atoms with Crippen molar-refractivity contribution < 1.29 is 37.6 Å². The SMILES string of the molecule is CC(C)CN(C[C@H](O)[C@H](Cc1ccc(OCCN(C)C)cc1)NC(=O)O)S(=O)(=O)c1ccc2c(c1)OCO2. The Bertz CT molecular complexity index is 1170. The molecule has 2 aromatic carbocycles. The van der Waals surface area contributed by atoms with E-state index in [2.05, 4.69) is 5.32 Å².